The summed E-state index contributed by atoms with van der Waals surface area (Å²) in [6.45, 7) is 2.76. The molecule has 0 atom stereocenters. The Morgan fingerprint density at radius 1 is 1.00 bits per heavy atom. The number of hydrogen-bond donors (Lipinski definition) is 0. The van der Waals surface area contributed by atoms with Gasteiger partial charge in [0.25, 0.3) is 0 Å². The summed E-state index contributed by atoms with van der Waals surface area (Å²) in [5.74, 6) is 0. The van der Waals surface area contributed by atoms with Gasteiger partial charge < -0.3 is 4.74 Å². The molecule has 1 aromatic carbocycles. The van der Waals surface area contributed by atoms with Gasteiger partial charge in [-0.25, -0.2) is 0 Å². The Kier molecular flexibility index (Phi) is 4.26. The molecule has 1 nitrogen and oxygen atoms in total. The highest BCUT2D eigenvalue weighted by Crippen LogP contribution is 2.37. The molecule has 0 unspecified atom stereocenters. The Morgan fingerprint density at radius 2 is 1.61 bits per heavy atom. The average Bonchev–Trinajstić information content (AvgIpc) is 2.23. The number of ether oxygens (including phenoxy) is 1. The van der Waals surface area contributed by atoms with E-state index in [0.717, 1.165) is 6.07 Å². The third-order valence-corrected chi connectivity index (χ3v) is 2.14. The minimum absolute atomic E-state index is 0.0711. The standard InChI is InChI=1S/C11H9F6O/c1-2-18-6-7-3-4-8(10(12,13)14)5-9(7)11(15,16)17/h3-5H,1-2,6H2. The summed E-state index contributed by atoms with van der Waals surface area (Å²) in [5, 5.41) is 0. The maximum atomic E-state index is 12.6. The third-order valence-electron chi connectivity index (χ3n) is 2.14. The fraction of sp³-hybridized carbons (Fsp3) is 0.364. The van der Waals surface area contributed by atoms with E-state index in [1.54, 1.807) is 0 Å². The monoisotopic (exact) mass is 271 g/mol. The molecule has 7 heteroatoms. The number of alkyl halides is 6. The van der Waals surface area contributed by atoms with E-state index in [1.165, 1.54) is 0 Å². The lowest BCUT2D eigenvalue weighted by atomic mass is 10.0. The van der Waals surface area contributed by atoms with Crippen LogP contribution in [-0.2, 0) is 23.7 Å². The predicted octanol–water partition coefficient (Wildman–Crippen LogP) is 4.07. The van der Waals surface area contributed by atoms with Crippen LogP contribution in [0.3, 0.4) is 0 Å². The fourth-order valence-electron chi connectivity index (χ4n) is 1.32. The molecule has 0 aliphatic carbocycles. The molecule has 0 bridgehead atoms. The van der Waals surface area contributed by atoms with Crippen LogP contribution in [0.15, 0.2) is 18.2 Å². The molecule has 0 N–H and O–H groups in total. The second kappa shape index (κ2) is 5.17. The fourth-order valence-corrected chi connectivity index (χ4v) is 1.32. The highest BCUT2D eigenvalue weighted by Gasteiger charge is 2.37. The Balaban J connectivity index is 3.21. The van der Waals surface area contributed by atoms with Crippen molar-refractivity contribution >= 4 is 0 Å². The molecule has 0 aliphatic rings. The second-order valence-electron chi connectivity index (χ2n) is 3.42. The summed E-state index contributed by atoms with van der Waals surface area (Å²) in [6.07, 6.45) is -9.67. The van der Waals surface area contributed by atoms with Crippen LogP contribution < -0.4 is 0 Å². The zero-order valence-corrected chi connectivity index (χ0v) is 9.03. The Hall–Kier alpha value is -1.24. The van der Waals surface area contributed by atoms with Crippen LogP contribution in [0.2, 0.25) is 0 Å². The summed E-state index contributed by atoms with van der Waals surface area (Å²) in [6, 6.07) is 1.44. The number of rotatable bonds is 3. The largest absolute Gasteiger partial charge is 0.416 e. The van der Waals surface area contributed by atoms with Crippen molar-refractivity contribution in [1.82, 2.24) is 0 Å². The van der Waals surface area contributed by atoms with Crippen molar-refractivity contribution in [3.8, 4) is 0 Å². The molecule has 0 spiro atoms. The Morgan fingerprint density at radius 3 is 2.06 bits per heavy atom. The lowest BCUT2D eigenvalue weighted by Gasteiger charge is -2.15. The van der Waals surface area contributed by atoms with Crippen molar-refractivity contribution in [1.29, 1.82) is 0 Å². The summed E-state index contributed by atoms with van der Waals surface area (Å²) in [4.78, 5) is 0. The molecule has 0 aromatic heterocycles. The van der Waals surface area contributed by atoms with Crippen LogP contribution in [0.25, 0.3) is 0 Å². The van der Waals surface area contributed by atoms with Crippen LogP contribution in [0.5, 0.6) is 0 Å². The second-order valence-corrected chi connectivity index (χ2v) is 3.42. The van der Waals surface area contributed by atoms with Crippen molar-refractivity contribution in [3.63, 3.8) is 0 Å². The smallest absolute Gasteiger partial charge is 0.377 e. The lowest BCUT2D eigenvalue weighted by molar-refractivity contribution is -0.143. The molecule has 1 radical (unpaired) electrons. The van der Waals surface area contributed by atoms with Crippen LogP contribution in [0.1, 0.15) is 16.7 Å². The van der Waals surface area contributed by atoms with E-state index in [2.05, 4.69) is 11.7 Å². The first kappa shape index (κ1) is 14.8. The predicted molar refractivity (Wildman–Crippen MR) is 51.5 cm³/mol. The van der Waals surface area contributed by atoms with Crippen LogP contribution >= 0.6 is 0 Å². The molecule has 1 rings (SSSR count). The van der Waals surface area contributed by atoms with Crippen molar-refractivity contribution in [2.24, 2.45) is 0 Å². The Labute approximate surface area is 99.4 Å². The van der Waals surface area contributed by atoms with Gasteiger partial charge in [-0.1, -0.05) is 6.07 Å². The van der Waals surface area contributed by atoms with Crippen LogP contribution in [0, 0.1) is 6.92 Å². The van der Waals surface area contributed by atoms with Crippen molar-refractivity contribution in [2.45, 2.75) is 19.0 Å². The summed E-state index contributed by atoms with van der Waals surface area (Å²) < 4.78 is 79.5. The molecule has 0 amide bonds. The van der Waals surface area contributed by atoms with E-state index in [4.69, 9.17) is 0 Å². The molecular formula is C11H9F6O. The van der Waals surface area contributed by atoms with E-state index in [0.29, 0.717) is 6.07 Å². The van der Waals surface area contributed by atoms with E-state index in [9.17, 15) is 26.3 Å². The highest BCUT2D eigenvalue weighted by atomic mass is 19.4. The zero-order valence-electron chi connectivity index (χ0n) is 9.03. The van der Waals surface area contributed by atoms with Gasteiger partial charge in [0.05, 0.1) is 17.7 Å². The first-order valence-electron chi connectivity index (χ1n) is 4.80. The van der Waals surface area contributed by atoms with E-state index >= 15 is 0 Å². The maximum Gasteiger partial charge on any atom is 0.416 e. The molecular weight excluding hydrogens is 262 g/mol. The summed E-state index contributed by atoms with van der Waals surface area (Å²) in [5.41, 5.74) is -3.03. The highest BCUT2D eigenvalue weighted by molar-refractivity contribution is 5.35. The van der Waals surface area contributed by atoms with Crippen molar-refractivity contribution in [3.05, 3.63) is 41.8 Å². The van der Waals surface area contributed by atoms with E-state index < -0.39 is 30.1 Å². The normalized spacial score (nSPS) is 12.8. The van der Waals surface area contributed by atoms with Crippen molar-refractivity contribution < 1.29 is 31.1 Å². The first-order valence-corrected chi connectivity index (χ1v) is 4.80. The number of hydrogen-bond acceptors (Lipinski definition) is 1. The first-order chi connectivity index (χ1) is 8.16. The average molecular weight is 271 g/mol. The van der Waals surface area contributed by atoms with Gasteiger partial charge in [-0.05, 0) is 24.6 Å². The van der Waals surface area contributed by atoms with Gasteiger partial charge >= 0.3 is 12.4 Å². The minimum Gasteiger partial charge on any atom is -0.377 e. The number of halogens is 6. The molecule has 1 aromatic rings. The minimum atomic E-state index is -4.86. The lowest BCUT2D eigenvalue weighted by Crippen LogP contribution is -2.14. The van der Waals surface area contributed by atoms with Crippen LogP contribution in [-0.4, -0.2) is 6.61 Å². The molecule has 101 valence electrons. The van der Waals surface area contributed by atoms with Crippen LogP contribution in [0.4, 0.5) is 26.3 Å². The maximum absolute atomic E-state index is 12.6. The summed E-state index contributed by atoms with van der Waals surface area (Å²) in [7, 11) is 0. The zero-order chi connectivity index (χ0) is 14.0. The van der Waals surface area contributed by atoms with E-state index in [1.807, 2.05) is 0 Å². The van der Waals surface area contributed by atoms with Gasteiger partial charge in [-0.15, -0.1) is 0 Å². The molecule has 0 saturated heterocycles. The summed E-state index contributed by atoms with van der Waals surface area (Å²) >= 11 is 0. The topological polar surface area (TPSA) is 9.23 Å². The molecule has 0 heterocycles. The van der Waals surface area contributed by atoms with Gasteiger partial charge in [-0.2, -0.15) is 26.3 Å². The molecule has 0 saturated carbocycles. The SMILES string of the molecule is [CH2]COCc1ccc(C(F)(F)F)cc1C(F)(F)F. The van der Waals surface area contributed by atoms with E-state index in [-0.39, 0.29) is 18.2 Å². The third kappa shape index (κ3) is 3.63. The molecule has 18 heavy (non-hydrogen) atoms. The number of benzene rings is 1. The Bertz CT molecular complexity index is 407. The molecule has 0 aliphatic heterocycles. The van der Waals surface area contributed by atoms with Gasteiger partial charge in [0, 0.05) is 6.61 Å². The van der Waals surface area contributed by atoms with Gasteiger partial charge in [-0.3, -0.25) is 0 Å². The van der Waals surface area contributed by atoms with Crippen molar-refractivity contribution in [2.75, 3.05) is 6.61 Å². The quantitative estimate of drug-likeness (QED) is 0.753. The van der Waals surface area contributed by atoms with Gasteiger partial charge in [0.1, 0.15) is 0 Å². The van der Waals surface area contributed by atoms with Gasteiger partial charge in [0.15, 0.2) is 0 Å². The molecule has 0 fully saturated rings. The van der Waals surface area contributed by atoms with Gasteiger partial charge in [0.2, 0.25) is 0 Å².